The van der Waals surface area contributed by atoms with Gasteiger partial charge in [0.05, 0.1) is 17.4 Å². The zero-order chi connectivity index (χ0) is 15.8. The Balaban J connectivity index is 2.40. The van der Waals surface area contributed by atoms with Crippen molar-refractivity contribution in [1.82, 2.24) is 5.32 Å². The van der Waals surface area contributed by atoms with Gasteiger partial charge in [-0.25, -0.2) is 13.6 Å². The van der Waals surface area contributed by atoms with Crippen molar-refractivity contribution in [3.05, 3.63) is 23.8 Å². The van der Waals surface area contributed by atoms with Crippen molar-refractivity contribution < 1.29 is 17.9 Å². The lowest BCUT2D eigenvalue weighted by molar-refractivity contribution is -0.124. The van der Waals surface area contributed by atoms with Crippen LogP contribution in [0.25, 0.3) is 0 Å². The molecule has 1 atom stereocenters. The third-order valence-corrected chi connectivity index (χ3v) is 4.07. The molecular formula is C14H20N2O4S. The summed E-state index contributed by atoms with van der Waals surface area (Å²) in [6.45, 7) is 6.10. The van der Waals surface area contributed by atoms with Gasteiger partial charge in [0.1, 0.15) is 5.75 Å². The predicted octanol–water partition coefficient (Wildman–Crippen LogP) is 1.11. The molecule has 3 N–H and O–H groups in total. The van der Waals surface area contributed by atoms with Crippen molar-refractivity contribution >= 4 is 15.9 Å². The fraction of sp³-hybridized carbons (Fsp3) is 0.500. The van der Waals surface area contributed by atoms with E-state index in [4.69, 9.17) is 9.88 Å². The number of hydrogen-bond donors (Lipinski definition) is 2. The molecule has 0 fully saturated rings. The van der Waals surface area contributed by atoms with Crippen LogP contribution in [0.2, 0.25) is 0 Å². The normalized spacial score (nSPS) is 18.6. The van der Waals surface area contributed by atoms with Gasteiger partial charge in [0.2, 0.25) is 15.9 Å². The van der Waals surface area contributed by atoms with Crippen molar-refractivity contribution in [2.45, 2.75) is 43.5 Å². The molecule has 1 heterocycles. The van der Waals surface area contributed by atoms with Crippen LogP contribution in [0.5, 0.6) is 5.75 Å². The first-order valence-electron chi connectivity index (χ1n) is 6.69. The highest BCUT2D eigenvalue weighted by Gasteiger charge is 2.30. The molecule has 0 aliphatic carbocycles. The highest BCUT2D eigenvalue weighted by molar-refractivity contribution is 7.89. The third-order valence-electron chi connectivity index (χ3n) is 3.16. The van der Waals surface area contributed by atoms with Gasteiger partial charge in [0.25, 0.3) is 0 Å². The Hall–Kier alpha value is -1.60. The minimum Gasteiger partial charge on any atom is -0.493 e. The van der Waals surface area contributed by atoms with Gasteiger partial charge < -0.3 is 10.1 Å². The molecule has 1 aromatic carbocycles. The summed E-state index contributed by atoms with van der Waals surface area (Å²) in [5.74, 6) is -0.0454. The Labute approximate surface area is 124 Å². The molecule has 0 saturated heterocycles. The molecule has 1 aromatic rings. The Bertz CT molecular complexity index is 662. The van der Waals surface area contributed by atoms with Crippen LogP contribution in [0.4, 0.5) is 0 Å². The first kappa shape index (κ1) is 15.8. The molecule has 1 unspecified atom stereocenters. The fourth-order valence-corrected chi connectivity index (χ4v) is 2.83. The number of carbonyl (C=O) groups is 1. The number of fused-ring (bicyclic) bond motifs is 1. The van der Waals surface area contributed by atoms with E-state index in [1.54, 1.807) is 6.07 Å². The summed E-state index contributed by atoms with van der Waals surface area (Å²) in [7, 11) is -3.81. The molecule has 116 valence electrons. The zero-order valence-electron chi connectivity index (χ0n) is 12.3. The van der Waals surface area contributed by atoms with Gasteiger partial charge >= 0.3 is 0 Å². The number of hydrogen-bond acceptors (Lipinski definition) is 4. The van der Waals surface area contributed by atoms with E-state index in [9.17, 15) is 13.2 Å². The molecule has 0 radical (unpaired) electrons. The molecule has 0 spiro atoms. The summed E-state index contributed by atoms with van der Waals surface area (Å²) in [6.07, 6.45) is 0.503. The number of rotatable bonds is 2. The van der Waals surface area contributed by atoms with Crippen molar-refractivity contribution in [3.8, 4) is 5.75 Å². The molecular weight excluding hydrogens is 292 g/mol. The first-order chi connectivity index (χ1) is 9.58. The van der Waals surface area contributed by atoms with E-state index in [0.29, 0.717) is 24.3 Å². The van der Waals surface area contributed by atoms with Crippen LogP contribution < -0.4 is 15.2 Å². The van der Waals surface area contributed by atoms with Crippen LogP contribution in [0.15, 0.2) is 23.1 Å². The molecule has 1 aliphatic heterocycles. The van der Waals surface area contributed by atoms with Gasteiger partial charge in [-0.15, -0.1) is 0 Å². The Morgan fingerprint density at radius 1 is 1.38 bits per heavy atom. The largest absolute Gasteiger partial charge is 0.493 e. The van der Waals surface area contributed by atoms with E-state index >= 15 is 0 Å². The van der Waals surface area contributed by atoms with Gasteiger partial charge in [0, 0.05) is 11.1 Å². The highest BCUT2D eigenvalue weighted by Crippen LogP contribution is 2.35. The van der Waals surface area contributed by atoms with Crippen molar-refractivity contribution in [2.24, 2.45) is 5.14 Å². The Morgan fingerprint density at radius 2 is 2.05 bits per heavy atom. The number of nitrogens with two attached hydrogens (primary N) is 1. The smallest absolute Gasteiger partial charge is 0.238 e. The van der Waals surface area contributed by atoms with E-state index in [1.807, 2.05) is 20.8 Å². The number of amides is 1. The average Bonchev–Trinajstić information content (AvgIpc) is 2.34. The Kier molecular flexibility index (Phi) is 3.99. The molecule has 21 heavy (non-hydrogen) atoms. The topological polar surface area (TPSA) is 98.5 Å². The van der Waals surface area contributed by atoms with E-state index in [2.05, 4.69) is 5.32 Å². The lowest BCUT2D eigenvalue weighted by atomic mass is 9.91. The molecule has 0 bridgehead atoms. The van der Waals surface area contributed by atoms with Gasteiger partial charge in [-0.2, -0.15) is 0 Å². The molecule has 0 aromatic heterocycles. The summed E-state index contributed by atoms with van der Waals surface area (Å²) in [4.78, 5) is 12.4. The average molecular weight is 312 g/mol. The first-order valence-corrected chi connectivity index (χ1v) is 8.24. The maximum atomic E-state index is 12.4. The fourth-order valence-electron chi connectivity index (χ4n) is 2.28. The molecule has 6 nitrogen and oxygen atoms in total. The van der Waals surface area contributed by atoms with Crippen molar-refractivity contribution in [2.75, 3.05) is 6.61 Å². The standard InChI is InChI=1S/C14H20N2O4S/c1-14(2,3)16-13(17)10-6-7-20-12-5-4-9(8-11(10)12)21(15,18)19/h4-5,8,10H,6-7H2,1-3H3,(H,16,17)(H2,15,18,19). The molecule has 1 aliphatic rings. The van der Waals surface area contributed by atoms with Gasteiger partial charge in [-0.1, -0.05) is 0 Å². The minimum absolute atomic E-state index is 0.0136. The van der Waals surface area contributed by atoms with Gasteiger partial charge in [-0.3, -0.25) is 4.79 Å². The van der Waals surface area contributed by atoms with Crippen LogP contribution in [0.1, 0.15) is 38.7 Å². The second-order valence-corrected chi connectivity index (χ2v) is 7.74. The van der Waals surface area contributed by atoms with Gasteiger partial charge in [-0.05, 0) is 45.4 Å². The minimum atomic E-state index is -3.81. The van der Waals surface area contributed by atoms with Crippen molar-refractivity contribution in [1.29, 1.82) is 0 Å². The predicted molar refractivity (Wildman–Crippen MR) is 78.6 cm³/mol. The highest BCUT2D eigenvalue weighted by atomic mass is 32.2. The number of nitrogens with one attached hydrogen (secondary N) is 1. The quantitative estimate of drug-likeness (QED) is 0.854. The number of sulfonamides is 1. The van der Waals surface area contributed by atoms with Crippen LogP contribution in [0.3, 0.4) is 0 Å². The van der Waals surface area contributed by atoms with Gasteiger partial charge in [0.15, 0.2) is 0 Å². The number of ether oxygens (including phenoxy) is 1. The van der Waals surface area contributed by atoms with E-state index in [1.165, 1.54) is 12.1 Å². The van der Waals surface area contributed by atoms with Crippen LogP contribution in [0, 0.1) is 0 Å². The second kappa shape index (κ2) is 5.31. The van der Waals surface area contributed by atoms with E-state index < -0.39 is 15.9 Å². The third kappa shape index (κ3) is 3.74. The summed E-state index contributed by atoms with van der Waals surface area (Å²) in [5.41, 5.74) is 0.210. The maximum absolute atomic E-state index is 12.4. The monoisotopic (exact) mass is 312 g/mol. The second-order valence-electron chi connectivity index (χ2n) is 6.17. The van der Waals surface area contributed by atoms with Crippen LogP contribution in [-0.4, -0.2) is 26.5 Å². The van der Waals surface area contributed by atoms with Crippen LogP contribution >= 0.6 is 0 Å². The lowest BCUT2D eigenvalue weighted by Crippen LogP contribution is -2.44. The summed E-state index contributed by atoms with van der Waals surface area (Å²) in [6, 6.07) is 4.36. The Morgan fingerprint density at radius 3 is 2.62 bits per heavy atom. The number of benzene rings is 1. The maximum Gasteiger partial charge on any atom is 0.238 e. The van der Waals surface area contributed by atoms with Crippen molar-refractivity contribution in [3.63, 3.8) is 0 Å². The molecule has 7 heteroatoms. The molecule has 2 rings (SSSR count). The number of primary sulfonamides is 1. The van der Waals surface area contributed by atoms with Crippen LogP contribution in [-0.2, 0) is 14.8 Å². The zero-order valence-corrected chi connectivity index (χ0v) is 13.2. The summed E-state index contributed by atoms with van der Waals surface area (Å²) >= 11 is 0. The van der Waals surface area contributed by atoms with E-state index in [0.717, 1.165) is 0 Å². The molecule has 1 amide bonds. The van der Waals surface area contributed by atoms with E-state index in [-0.39, 0.29) is 16.3 Å². The SMILES string of the molecule is CC(C)(C)NC(=O)C1CCOc2ccc(S(N)(=O)=O)cc21. The molecule has 0 saturated carbocycles. The lowest BCUT2D eigenvalue weighted by Gasteiger charge is -2.29. The summed E-state index contributed by atoms with van der Waals surface area (Å²) in [5, 5.41) is 8.06. The number of carbonyl (C=O) groups excluding carboxylic acids is 1. The summed E-state index contributed by atoms with van der Waals surface area (Å²) < 4.78 is 28.4.